The zero-order valence-electron chi connectivity index (χ0n) is 22.9. The van der Waals surface area contributed by atoms with Gasteiger partial charge in [0, 0.05) is 0 Å². The minimum Gasteiger partial charge on any atom is -0.434 e. The summed E-state index contributed by atoms with van der Waals surface area (Å²) < 4.78 is 10.3. The molecule has 0 heterocycles. The van der Waals surface area contributed by atoms with Gasteiger partial charge in [-0.3, -0.25) is 0 Å². The third kappa shape index (κ3) is 28.5. The van der Waals surface area contributed by atoms with Gasteiger partial charge in [0.1, 0.15) is 0 Å². The van der Waals surface area contributed by atoms with Crippen molar-refractivity contribution in [3.05, 3.63) is 36.5 Å². The summed E-state index contributed by atoms with van der Waals surface area (Å²) >= 11 is 0. The lowest BCUT2D eigenvalue weighted by Gasteiger charge is -2.07. The van der Waals surface area contributed by atoms with Crippen molar-refractivity contribution >= 4 is 6.16 Å². The maximum atomic E-state index is 11.6. The van der Waals surface area contributed by atoms with Crippen LogP contribution in [0, 0.1) is 5.92 Å². The van der Waals surface area contributed by atoms with E-state index in [1.165, 1.54) is 70.6 Å². The zero-order chi connectivity index (χ0) is 25.0. The van der Waals surface area contributed by atoms with Crippen molar-refractivity contribution < 1.29 is 14.3 Å². The standard InChI is InChI=1S/C31H56O3/c1-4-5-6-7-8-9-10-11-12-13-14-15-16-19-22-25-28-33-31(32)34-29-26-23-20-17-18-21-24-27-30(2)3/h5-6,8-9,11-12,30H,4,7,10,13-29H2,1-3H3. The SMILES string of the molecule is CCC=CCC=CCC=CCCCCCCCCOC(=O)OCCCCCCCCCC(C)C. The lowest BCUT2D eigenvalue weighted by Crippen LogP contribution is -2.09. The lowest BCUT2D eigenvalue weighted by molar-refractivity contribution is 0.0529. The van der Waals surface area contributed by atoms with E-state index in [0.29, 0.717) is 13.2 Å². The fourth-order valence-electron chi connectivity index (χ4n) is 3.79. The van der Waals surface area contributed by atoms with Crippen molar-refractivity contribution in [1.82, 2.24) is 0 Å². The van der Waals surface area contributed by atoms with Crippen molar-refractivity contribution in [2.45, 2.75) is 136 Å². The minimum atomic E-state index is -0.493. The third-order valence-electron chi connectivity index (χ3n) is 5.91. The molecule has 0 rings (SSSR count). The number of allylic oxidation sites excluding steroid dienone is 6. The van der Waals surface area contributed by atoms with Gasteiger partial charge >= 0.3 is 6.16 Å². The molecule has 0 unspecified atom stereocenters. The van der Waals surface area contributed by atoms with E-state index in [1.807, 2.05) is 0 Å². The van der Waals surface area contributed by atoms with Crippen molar-refractivity contribution in [2.75, 3.05) is 13.2 Å². The van der Waals surface area contributed by atoms with Crippen LogP contribution in [0.5, 0.6) is 0 Å². The van der Waals surface area contributed by atoms with Crippen LogP contribution in [0.3, 0.4) is 0 Å². The second-order valence-corrected chi connectivity index (χ2v) is 9.81. The summed E-state index contributed by atoms with van der Waals surface area (Å²) in [5.74, 6) is 0.829. The Morgan fingerprint density at radius 2 is 1.03 bits per heavy atom. The van der Waals surface area contributed by atoms with Gasteiger partial charge in [-0.05, 0) is 50.9 Å². The number of unbranched alkanes of at least 4 members (excludes halogenated alkanes) is 12. The van der Waals surface area contributed by atoms with Crippen LogP contribution >= 0.6 is 0 Å². The molecule has 0 aliphatic heterocycles. The summed E-state index contributed by atoms with van der Waals surface area (Å²) in [6.07, 6.45) is 34.5. The van der Waals surface area contributed by atoms with Gasteiger partial charge in [-0.25, -0.2) is 4.79 Å². The van der Waals surface area contributed by atoms with Gasteiger partial charge in [-0.15, -0.1) is 0 Å². The molecule has 0 aliphatic carbocycles. The van der Waals surface area contributed by atoms with E-state index in [1.54, 1.807) is 0 Å². The van der Waals surface area contributed by atoms with E-state index < -0.39 is 6.16 Å². The molecule has 34 heavy (non-hydrogen) atoms. The van der Waals surface area contributed by atoms with E-state index >= 15 is 0 Å². The molecule has 0 spiro atoms. The summed E-state index contributed by atoms with van der Waals surface area (Å²) in [7, 11) is 0. The second-order valence-electron chi connectivity index (χ2n) is 9.81. The topological polar surface area (TPSA) is 35.5 Å². The molecule has 0 saturated heterocycles. The minimum absolute atomic E-state index is 0.486. The number of rotatable bonds is 24. The molecule has 3 heteroatoms. The first-order valence-corrected chi connectivity index (χ1v) is 14.4. The van der Waals surface area contributed by atoms with Crippen LogP contribution in [-0.4, -0.2) is 19.4 Å². The third-order valence-corrected chi connectivity index (χ3v) is 5.91. The van der Waals surface area contributed by atoms with Crippen LogP contribution < -0.4 is 0 Å². The van der Waals surface area contributed by atoms with Gasteiger partial charge in [0.05, 0.1) is 13.2 Å². The lowest BCUT2D eigenvalue weighted by atomic mass is 10.0. The molecule has 0 aromatic heterocycles. The van der Waals surface area contributed by atoms with Crippen LogP contribution in [0.4, 0.5) is 4.79 Å². The number of hydrogen-bond acceptors (Lipinski definition) is 3. The predicted octanol–water partition coefficient (Wildman–Crippen LogP) is 10.5. The molecule has 3 nitrogen and oxygen atoms in total. The summed E-state index contributed by atoms with van der Waals surface area (Å²) in [6.45, 7) is 7.73. The molecule has 0 aromatic carbocycles. The second kappa shape index (κ2) is 27.7. The summed E-state index contributed by atoms with van der Waals surface area (Å²) in [5, 5.41) is 0. The highest BCUT2D eigenvalue weighted by Crippen LogP contribution is 2.12. The van der Waals surface area contributed by atoms with Gasteiger partial charge in [-0.1, -0.05) is 128 Å². The van der Waals surface area contributed by atoms with Gasteiger partial charge in [0.15, 0.2) is 0 Å². The van der Waals surface area contributed by atoms with E-state index in [2.05, 4.69) is 57.2 Å². The fraction of sp³-hybridized carbons (Fsp3) is 0.774. The maximum absolute atomic E-state index is 11.6. The van der Waals surface area contributed by atoms with E-state index in [4.69, 9.17) is 9.47 Å². The molecule has 0 bridgehead atoms. The Hall–Kier alpha value is -1.51. The quantitative estimate of drug-likeness (QED) is 0.0789. The van der Waals surface area contributed by atoms with Gasteiger partial charge in [-0.2, -0.15) is 0 Å². The van der Waals surface area contributed by atoms with Crippen molar-refractivity contribution in [2.24, 2.45) is 5.92 Å². The largest absolute Gasteiger partial charge is 0.508 e. The molecule has 0 fully saturated rings. The highest BCUT2D eigenvalue weighted by Gasteiger charge is 2.03. The van der Waals surface area contributed by atoms with Crippen molar-refractivity contribution in [1.29, 1.82) is 0 Å². The molecule has 0 saturated carbocycles. The predicted molar refractivity (Wildman–Crippen MR) is 148 cm³/mol. The molecular formula is C31H56O3. The fourth-order valence-corrected chi connectivity index (χ4v) is 3.79. The number of ether oxygens (including phenoxy) is 2. The molecule has 198 valence electrons. The first-order valence-electron chi connectivity index (χ1n) is 14.4. The molecule has 0 aliphatic rings. The average Bonchev–Trinajstić information content (AvgIpc) is 2.82. The Bertz CT molecular complexity index is 505. The van der Waals surface area contributed by atoms with Crippen LogP contribution in [-0.2, 0) is 9.47 Å². The number of hydrogen-bond donors (Lipinski definition) is 0. The molecule has 0 amide bonds. The van der Waals surface area contributed by atoms with E-state index in [0.717, 1.165) is 50.9 Å². The van der Waals surface area contributed by atoms with Crippen molar-refractivity contribution in [3.8, 4) is 0 Å². The molecule has 0 N–H and O–H groups in total. The number of carbonyl (C=O) groups excluding carboxylic acids is 1. The van der Waals surface area contributed by atoms with Crippen LogP contribution in [0.15, 0.2) is 36.5 Å². The molecule has 0 atom stereocenters. The highest BCUT2D eigenvalue weighted by molar-refractivity contribution is 5.59. The smallest absolute Gasteiger partial charge is 0.434 e. The molecular weight excluding hydrogens is 420 g/mol. The Kier molecular flexibility index (Phi) is 26.5. The summed E-state index contributed by atoms with van der Waals surface area (Å²) in [6, 6.07) is 0. The Morgan fingerprint density at radius 3 is 1.56 bits per heavy atom. The van der Waals surface area contributed by atoms with Gasteiger partial charge < -0.3 is 9.47 Å². The van der Waals surface area contributed by atoms with Crippen LogP contribution in [0.1, 0.15) is 136 Å². The average molecular weight is 477 g/mol. The highest BCUT2D eigenvalue weighted by atomic mass is 16.7. The van der Waals surface area contributed by atoms with E-state index in [-0.39, 0.29) is 0 Å². The Morgan fingerprint density at radius 1 is 0.588 bits per heavy atom. The van der Waals surface area contributed by atoms with Gasteiger partial charge in [0.2, 0.25) is 0 Å². The van der Waals surface area contributed by atoms with E-state index in [9.17, 15) is 4.79 Å². The Labute approximate surface area is 212 Å². The first kappa shape index (κ1) is 32.5. The normalized spacial score (nSPS) is 12.0. The summed E-state index contributed by atoms with van der Waals surface area (Å²) in [4.78, 5) is 11.6. The maximum Gasteiger partial charge on any atom is 0.508 e. The first-order chi connectivity index (χ1) is 16.7. The van der Waals surface area contributed by atoms with Crippen LogP contribution in [0.2, 0.25) is 0 Å². The monoisotopic (exact) mass is 476 g/mol. The molecule has 0 radical (unpaired) electrons. The number of carbonyl (C=O) groups is 1. The van der Waals surface area contributed by atoms with Crippen LogP contribution in [0.25, 0.3) is 0 Å². The van der Waals surface area contributed by atoms with Crippen molar-refractivity contribution in [3.63, 3.8) is 0 Å². The van der Waals surface area contributed by atoms with Gasteiger partial charge in [0.25, 0.3) is 0 Å². The summed E-state index contributed by atoms with van der Waals surface area (Å²) in [5.41, 5.74) is 0. The zero-order valence-corrected chi connectivity index (χ0v) is 22.9. The Balaban J connectivity index is 3.26. The molecule has 0 aromatic rings.